The quantitative estimate of drug-likeness (QED) is 0.311. The molecule has 2 aromatic heterocycles. The first-order valence-corrected chi connectivity index (χ1v) is 4.58. The summed E-state index contributed by atoms with van der Waals surface area (Å²) < 4.78 is 0.888. The average molecular weight is 197 g/mol. The average Bonchev–Trinajstić information content (AvgIpc) is 2.30. The van der Waals surface area contributed by atoms with Crippen LogP contribution in [0.25, 0.3) is 21.8 Å². The molecule has 15 heavy (non-hydrogen) atoms. The molecule has 0 atom stereocenters. The Kier molecular flexibility index (Phi) is 1.56. The van der Waals surface area contributed by atoms with Crippen LogP contribution in [0.4, 0.5) is 0 Å². The molecule has 0 saturated carbocycles. The molecular weight excluding hydrogens is 190 g/mol. The molecule has 2 heterocycles. The lowest BCUT2D eigenvalue weighted by Crippen LogP contribution is -2.28. The van der Waals surface area contributed by atoms with Crippen LogP contribution in [0.2, 0.25) is 0 Å². The molecule has 4 heteroatoms. The van der Waals surface area contributed by atoms with Gasteiger partial charge in [0, 0.05) is 11.5 Å². The molecule has 3 aromatic rings. The monoisotopic (exact) mass is 197 g/mol. The Balaban J connectivity index is 2.60. The maximum atomic E-state index is 11.9. The van der Waals surface area contributed by atoms with E-state index in [1.165, 1.54) is 6.20 Å². The van der Waals surface area contributed by atoms with Crippen molar-refractivity contribution >= 4 is 21.8 Å². The lowest BCUT2D eigenvalue weighted by atomic mass is 10.2. The Labute approximate surface area is 85.4 Å². The number of aromatic nitrogens is 3. The van der Waals surface area contributed by atoms with Gasteiger partial charge in [0.2, 0.25) is 11.0 Å². The predicted molar refractivity (Wildman–Crippen MR) is 56.0 cm³/mol. The van der Waals surface area contributed by atoms with Crippen LogP contribution in [0.15, 0.2) is 42.7 Å². The fraction of sp³-hybridized carbons (Fsp3) is 0. The highest BCUT2D eigenvalue weighted by Crippen LogP contribution is 2.15. The molecule has 0 saturated heterocycles. The highest BCUT2D eigenvalue weighted by molar-refractivity contribution is 5.87. The normalized spacial score (nSPS) is 10.9. The lowest BCUT2D eigenvalue weighted by Gasteiger charge is -2.04. The number of rotatable bonds is 0. The van der Waals surface area contributed by atoms with Crippen LogP contribution in [0.3, 0.4) is 0 Å². The van der Waals surface area contributed by atoms with Gasteiger partial charge in [-0.05, 0) is 12.1 Å². The maximum Gasteiger partial charge on any atom is 0.246 e. The summed E-state index contributed by atoms with van der Waals surface area (Å²) >= 11 is 0. The zero-order valence-electron chi connectivity index (χ0n) is 7.79. The fourth-order valence-electron chi connectivity index (χ4n) is 1.70. The van der Waals surface area contributed by atoms with Crippen molar-refractivity contribution in [3.05, 3.63) is 47.9 Å². The van der Waals surface area contributed by atoms with Crippen LogP contribution in [0.5, 0.6) is 0 Å². The van der Waals surface area contributed by atoms with Gasteiger partial charge in [-0.3, -0.25) is 0 Å². The highest BCUT2D eigenvalue weighted by atomic mass is 16.5. The Hall–Kier alpha value is -2.23. The standard InChI is InChI=1S/C11H7N3O/c15-14-10-4-2-1-3-8(10)5-9-6-12-13-7-11(9)14/h1-7H. The summed E-state index contributed by atoms with van der Waals surface area (Å²) in [5.41, 5.74) is 1.20. The van der Waals surface area contributed by atoms with Gasteiger partial charge in [-0.25, -0.2) is 0 Å². The topological polar surface area (TPSA) is 52.7 Å². The Bertz CT molecular complexity index is 597. The first-order valence-electron chi connectivity index (χ1n) is 4.58. The van der Waals surface area contributed by atoms with Crippen molar-refractivity contribution in [3.8, 4) is 0 Å². The molecule has 0 unspecified atom stereocenters. The van der Waals surface area contributed by atoms with Crippen molar-refractivity contribution in [3.63, 3.8) is 0 Å². The second kappa shape index (κ2) is 2.88. The molecule has 3 rings (SSSR count). The molecule has 0 bridgehead atoms. The lowest BCUT2D eigenvalue weighted by molar-refractivity contribution is -0.548. The number of benzene rings is 1. The third-order valence-electron chi connectivity index (χ3n) is 2.42. The molecule has 0 aliphatic heterocycles. The summed E-state index contributed by atoms with van der Waals surface area (Å²) in [6, 6.07) is 9.39. The second-order valence-electron chi connectivity index (χ2n) is 3.33. The third-order valence-corrected chi connectivity index (χ3v) is 2.42. The van der Waals surface area contributed by atoms with Gasteiger partial charge >= 0.3 is 0 Å². The van der Waals surface area contributed by atoms with E-state index in [1.807, 2.05) is 24.3 Å². The van der Waals surface area contributed by atoms with Gasteiger partial charge in [0.15, 0.2) is 0 Å². The van der Waals surface area contributed by atoms with Gasteiger partial charge < -0.3 is 5.21 Å². The maximum absolute atomic E-state index is 11.9. The molecule has 4 nitrogen and oxygen atoms in total. The fourth-order valence-corrected chi connectivity index (χ4v) is 1.70. The minimum absolute atomic E-state index is 0.545. The molecule has 0 spiro atoms. The number of hydrogen-bond acceptors (Lipinski definition) is 3. The summed E-state index contributed by atoms with van der Waals surface area (Å²) in [6.07, 6.45) is 3.07. The molecular formula is C11H7N3O. The Morgan fingerprint density at radius 1 is 0.933 bits per heavy atom. The van der Waals surface area contributed by atoms with Crippen LogP contribution < -0.4 is 4.73 Å². The van der Waals surface area contributed by atoms with E-state index < -0.39 is 0 Å². The smallest absolute Gasteiger partial charge is 0.246 e. The minimum atomic E-state index is 0.545. The van der Waals surface area contributed by atoms with Gasteiger partial charge in [0.05, 0.1) is 11.6 Å². The predicted octanol–water partition coefficient (Wildman–Crippen LogP) is 1.42. The number of pyridine rings is 1. The SMILES string of the molecule is [O-][n+]1c2ccccc2cc2cnncc21. The van der Waals surface area contributed by atoms with E-state index in [4.69, 9.17) is 0 Å². The van der Waals surface area contributed by atoms with Crippen LogP contribution in [0, 0.1) is 5.21 Å². The molecule has 72 valence electrons. The zero-order chi connectivity index (χ0) is 10.3. The van der Waals surface area contributed by atoms with Crippen molar-refractivity contribution in [2.75, 3.05) is 0 Å². The van der Waals surface area contributed by atoms with Gasteiger partial charge in [0.25, 0.3) is 0 Å². The highest BCUT2D eigenvalue weighted by Gasteiger charge is 2.09. The number of para-hydroxylation sites is 1. The van der Waals surface area contributed by atoms with E-state index in [-0.39, 0.29) is 0 Å². The molecule has 0 radical (unpaired) electrons. The van der Waals surface area contributed by atoms with E-state index >= 15 is 0 Å². The van der Waals surface area contributed by atoms with Crippen LogP contribution in [-0.2, 0) is 0 Å². The molecule has 1 aromatic carbocycles. The van der Waals surface area contributed by atoms with Crippen molar-refractivity contribution < 1.29 is 4.73 Å². The van der Waals surface area contributed by atoms with E-state index in [1.54, 1.807) is 12.3 Å². The van der Waals surface area contributed by atoms with Gasteiger partial charge in [-0.1, -0.05) is 12.1 Å². The molecule has 0 aliphatic carbocycles. The Morgan fingerprint density at radius 3 is 2.67 bits per heavy atom. The van der Waals surface area contributed by atoms with E-state index in [9.17, 15) is 5.21 Å². The number of fused-ring (bicyclic) bond motifs is 2. The molecule has 0 amide bonds. The van der Waals surface area contributed by atoms with Crippen molar-refractivity contribution in [2.24, 2.45) is 0 Å². The van der Waals surface area contributed by atoms with E-state index in [2.05, 4.69) is 10.2 Å². The van der Waals surface area contributed by atoms with Crippen molar-refractivity contribution in [1.29, 1.82) is 0 Å². The second-order valence-corrected chi connectivity index (χ2v) is 3.33. The summed E-state index contributed by atoms with van der Waals surface area (Å²) in [4.78, 5) is 0. The van der Waals surface area contributed by atoms with Crippen molar-refractivity contribution in [1.82, 2.24) is 10.2 Å². The summed E-state index contributed by atoms with van der Waals surface area (Å²) in [7, 11) is 0. The minimum Gasteiger partial charge on any atom is -0.618 e. The van der Waals surface area contributed by atoms with E-state index in [0.717, 1.165) is 15.5 Å². The van der Waals surface area contributed by atoms with Gasteiger partial charge in [-0.2, -0.15) is 14.9 Å². The number of nitrogens with zero attached hydrogens (tertiary/aromatic N) is 3. The van der Waals surface area contributed by atoms with Gasteiger partial charge in [-0.15, -0.1) is 0 Å². The Morgan fingerprint density at radius 2 is 1.73 bits per heavy atom. The molecule has 0 aliphatic rings. The van der Waals surface area contributed by atoms with Crippen molar-refractivity contribution in [2.45, 2.75) is 0 Å². The molecule has 0 fully saturated rings. The summed E-state index contributed by atoms with van der Waals surface area (Å²) in [5, 5.41) is 21.1. The van der Waals surface area contributed by atoms with Gasteiger partial charge in [0.1, 0.15) is 6.20 Å². The molecule has 0 N–H and O–H groups in total. The van der Waals surface area contributed by atoms with E-state index in [0.29, 0.717) is 11.0 Å². The summed E-state index contributed by atoms with van der Waals surface area (Å²) in [5.74, 6) is 0. The third kappa shape index (κ3) is 1.11. The summed E-state index contributed by atoms with van der Waals surface area (Å²) in [6.45, 7) is 0. The first-order chi connectivity index (χ1) is 7.36. The van der Waals surface area contributed by atoms with Crippen LogP contribution in [0.1, 0.15) is 0 Å². The first kappa shape index (κ1) is 8.11. The van der Waals surface area contributed by atoms with Crippen LogP contribution >= 0.6 is 0 Å². The number of hydrogen-bond donors (Lipinski definition) is 0. The zero-order valence-corrected chi connectivity index (χ0v) is 7.79. The largest absolute Gasteiger partial charge is 0.618 e. The van der Waals surface area contributed by atoms with Crippen LogP contribution in [-0.4, -0.2) is 10.2 Å².